The number of rotatable bonds is 3. The van der Waals surface area contributed by atoms with Gasteiger partial charge in [0.15, 0.2) is 0 Å². The molecule has 0 saturated carbocycles. The highest BCUT2D eigenvalue weighted by Gasteiger charge is 2.22. The molecule has 0 aromatic rings. The van der Waals surface area contributed by atoms with Crippen LogP contribution in [0.2, 0.25) is 0 Å². The Morgan fingerprint density at radius 3 is 2.33 bits per heavy atom. The largest absolute Gasteiger partial charge is 0.341 e. The first-order valence-corrected chi connectivity index (χ1v) is 4.58. The Morgan fingerprint density at radius 2 is 1.93 bits per heavy atom. The van der Waals surface area contributed by atoms with E-state index in [-0.39, 0.29) is 6.04 Å². The van der Waals surface area contributed by atoms with Crippen LogP contribution in [0.3, 0.4) is 0 Å². The predicted molar refractivity (Wildman–Crippen MR) is 54.9 cm³/mol. The van der Waals surface area contributed by atoms with Crippen molar-refractivity contribution >= 4 is 11.9 Å². The molecule has 0 aromatic heterocycles. The van der Waals surface area contributed by atoms with Crippen LogP contribution >= 0.6 is 0 Å². The molecule has 0 aromatic carbocycles. The van der Waals surface area contributed by atoms with E-state index in [1.807, 2.05) is 6.07 Å². The van der Waals surface area contributed by atoms with Gasteiger partial charge in [-0.2, -0.15) is 5.26 Å². The van der Waals surface area contributed by atoms with Gasteiger partial charge in [-0.3, -0.25) is 15.0 Å². The average Bonchev–Trinajstić information content (AvgIpc) is 2.25. The third-order valence-corrected chi connectivity index (χ3v) is 2.25. The van der Waals surface area contributed by atoms with Crippen LogP contribution in [0.1, 0.15) is 13.8 Å². The van der Waals surface area contributed by atoms with Crippen LogP contribution in [0.4, 0.5) is 4.79 Å². The van der Waals surface area contributed by atoms with Crippen molar-refractivity contribution in [3.8, 4) is 6.07 Å². The highest BCUT2D eigenvalue weighted by Crippen LogP contribution is 2.01. The van der Waals surface area contributed by atoms with Gasteiger partial charge in [-0.05, 0) is 20.9 Å². The van der Waals surface area contributed by atoms with Crippen molar-refractivity contribution in [2.45, 2.75) is 25.9 Å². The van der Waals surface area contributed by atoms with E-state index in [9.17, 15) is 9.59 Å². The van der Waals surface area contributed by atoms with Crippen LogP contribution in [0.5, 0.6) is 0 Å². The minimum Gasteiger partial charge on any atom is -0.341 e. The standard InChI is InChI=1S/C9H16N4O2/c1-6(5-10)13(4)7(2)8(14)12-9(15)11-3/h6-7H,1-4H3,(H2,11,12,14,15). The first-order valence-electron chi connectivity index (χ1n) is 4.58. The van der Waals surface area contributed by atoms with E-state index in [1.54, 1.807) is 25.8 Å². The molecule has 2 unspecified atom stereocenters. The summed E-state index contributed by atoms with van der Waals surface area (Å²) in [5.41, 5.74) is 0. The molecule has 3 amide bonds. The second kappa shape index (κ2) is 5.98. The van der Waals surface area contributed by atoms with Crippen LogP contribution in [0, 0.1) is 11.3 Å². The van der Waals surface area contributed by atoms with E-state index in [0.29, 0.717) is 0 Å². The number of carbonyl (C=O) groups excluding carboxylic acids is 2. The van der Waals surface area contributed by atoms with E-state index < -0.39 is 18.0 Å². The Kier molecular flexibility index (Phi) is 5.34. The summed E-state index contributed by atoms with van der Waals surface area (Å²) in [5, 5.41) is 13.1. The van der Waals surface area contributed by atoms with Crippen molar-refractivity contribution in [2.75, 3.05) is 14.1 Å². The fourth-order valence-electron chi connectivity index (χ4n) is 0.890. The summed E-state index contributed by atoms with van der Waals surface area (Å²) >= 11 is 0. The second-order valence-electron chi connectivity index (χ2n) is 3.21. The Labute approximate surface area is 89.2 Å². The van der Waals surface area contributed by atoms with Crippen LogP contribution in [0.15, 0.2) is 0 Å². The molecule has 0 aliphatic heterocycles. The fourth-order valence-corrected chi connectivity index (χ4v) is 0.890. The number of hydrogen-bond acceptors (Lipinski definition) is 4. The Balaban J connectivity index is 4.33. The number of urea groups is 1. The minimum atomic E-state index is -0.551. The summed E-state index contributed by atoms with van der Waals surface area (Å²) in [6.07, 6.45) is 0. The van der Waals surface area contributed by atoms with Gasteiger partial charge in [-0.25, -0.2) is 4.79 Å². The topological polar surface area (TPSA) is 85.2 Å². The molecular weight excluding hydrogens is 196 g/mol. The molecule has 0 aliphatic carbocycles. The molecule has 6 heteroatoms. The molecule has 0 fully saturated rings. The normalized spacial score (nSPS) is 13.9. The van der Waals surface area contributed by atoms with Crippen molar-refractivity contribution in [3.05, 3.63) is 0 Å². The van der Waals surface area contributed by atoms with Gasteiger partial charge in [0.25, 0.3) is 0 Å². The van der Waals surface area contributed by atoms with Crippen molar-refractivity contribution in [2.24, 2.45) is 0 Å². The third-order valence-electron chi connectivity index (χ3n) is 2.25. The zero-order valence-corrected chi connectivity index (χ0v) is 9.37. The number of hydrogen-bond donors (Lipinski definition) is 2. The maximum atomic E-state index is 11.5. The van der Waals surface area contributed by atoms with Crippen LogP contribution in [0.25, 0.3) is 0 Å². The van der Waals surface area contributed by atoms with Gasteiger partial charge in [0, 0.05) is 7.05 Å². The Bertz CT molecular complexity index is 284. The molecule has 0 radical (unpaired) electrons. The SMILES string of the molecule is CNC(=O)NC(=O)C(C)N(C)C(C)C#N. The molecular formula is C9H16N4O2. The number of likely N-dealkylation sites (N-methyl/N-ethyl adjacent to an activating group) is 1. The summed E-state index contributed by atoms with van der Waals surface area (Å²) in [5.74, 6) is -0.432. The second-order valence-corrected chi connectivity index (χ2v) is 3.21. The van der Waals surface area contributed by atoms with Gasteiger partial charge in [0.1, 0.15) is 0 Å². The quantitative estimate of drug-likeness (QED) is 0.671. The highest BCUT2D eigenvalue weighted by molar-refractivity contribution is 5.96. The lowest BCUT2D eigenvalue weighted by Crippen LogP contribution is -2.49. The van der Waals surface area contributed by atoms with Crippen molar-refractivity contribution in [3.63, 3.8) is 0 Å². The molecule has 0 saturated heterocycles. The molecule has 6 nitrogen and oxygen atoms in total. The van der Waals surface area contributed by atoms with Gasteiger partial charge < -0.3 is 5.32 Å². The Hall–Kier alpha value is -1.61. The predicted octanol–water partition coefficient (Wildman–Crippen LogP) is -0.326. The molecule has 0 heterocycles. The fraction of sp³-hybridized carbons (Fsp3) is 0.667. The van der Waals surface area contributed by atoms with E-state index in [1.165, 1.54) is 7.05 Å². The number of nitrogens with one attached hydrogen (secondary N) is 2. The molecule has 0 aliphatic rings. The lowest BCUT2D eigenvalue weighted by atomic mass is 10.2. The molecule has 0 rings (SSSR count). The van der Waals surface area contributed by atoms with E-state index in [0.717, 1.165) is 0 Å². The maximum absolute atomic E-state index is 11.5. The summed E-state index contributed by atoms with van der Waals surface area (Å²) in [7, 11) is 3.08. The summed E-state index contributed by atoms with van der Waals surface area (Å²) in [4.78, 5) is 23.9. The molecule has 0 spiro atoms. The molecule has 2 atom stereocenters. The summed E-state index contributed by atoms with van der Waals surface area (Å²) in [6.45, 7) is 3.32. The summed E-state index contributed by atoms with van der Waals surface area (Å²) in [6, 6.07) is 0.552. The number of carbonyl (C=O) groups is 2. The average molecular weight is 212 g/mol. The first-order chi connectivity index (χ1) is 6.93. The van der Waals surface area contributed by atoms with Gasteiger partial charge in [0.05, 0.1) is 18.2 Å². The van der Waals surface area contributed by atoms with Crippen LogP contribution in [-0.2, 0) is 4.79 Å². The lowest BCUT2D eigenvalue weighted by Gasteiger charge is -2.25. The molecule has 2 N–H and O–H groups in total. The third kappa shape index (κ3) is 3.95. The van der Waals surface area contributed by atoms with Gasteiger partial charge in [-0.15, -0.1) is 0 Å². The van der Waals surface area contributed by atoms with Crippen molar-refractivity contribution in [1.29, 1.82) is 5.26 Å². The monoisotopic (exact) mass is 212 g/mol. The molecule has 0 bridgehead atoms. The van der Waals surface area contributed by atoms with Gasteiger partial charge in [-0.1, -0.05) is 0 Å². The van der Waals surface area contributed by atoms with Crippen molar-refractivity contribution in [1.82, 2.24) is 15.5 Å². The van der Waals surface area contributed by atoms with Crippen molar-refractivity contribution < 1.29 is 9.59 Å². The maximum Gasteiger partial charge on any atom is 0.321 e. The number of nitrogens with zero attached hydrogens (tertiary/aromatic N) is 2. The molecule has 84 valence electrons. The number of imide groups is 1. The van der Waals surface area contributed by atoms with Gasteiger partial charge >= 0.3 is 6.03 Å². The Morgan fingerprint density at radius 1 is 1.40 bits per heavy atom. The highest BCUT2D eigenvalue weighted by atomic mass is 16.2. The minimum absolute atomic E-state index is 0.379. The lowest BCUT2D eigenvalue weighted by molar-refractivity contribution is -0.124. The summed E-state index contributed by atoms with van der Waals surface area (Å²) < 4.78 is 0. The molecule has 15 heavy (non-hydrogen) atoms. The smallest absolute Gasteiger partial charge is 0.321 e. The van der Waals surface area contributed by atoms with E-state index in [2.05, 4.69) is 10.6 Å². The van der Waals surface area contributed by atoms with E-state index in [4.69, 9.17) is 5.26 Å². The number of amides is 3. The van der Waals surface area contributed by atoms with Gasteiger partial charge in [0.2, 0.25) is 5.91 Å². The van der Waals surface area contributed by atoms with E-state index >= 15 is 0 Å². The zero-order chi connectivity index (χ0) is 12.0. The van der Waals surface area contributed by atoms with Crippen LogP contribution < -0.4 is 10.6 Å². The first kappa shape index (κ1) is 13.4. The zero-order valence-electron chi connectivity index (χ0n) is 9.37. The van der Waals surface area contributed by atoms with Crippen LogP contribution in [-0.4, -0.2) is 43.0 Å². The number of nitriles is 1.